The second-order valence-corrected chi connectivity index (χ2v) is 11.8. The summed E-state index contributed by atoms with van der Waals surface area (Å²) in [5, 5.41) is 9.00. The third-order valence-electron chi connectivity index (χ3n) is 6.92. The second-order valence-electron chi connectivity index (χ2n) is 9.37. The molecule has 12 heteroatoms. The highest BCUT2D eigenvalue weighted by Gasteiger charge is 2.43. The molecule has 0 radical (unpaired) electrons. The maximum Gasteiger partial charge on any atom is 0.264 e. The average molecular weight is 533 g/mol. The van der Waals surface area contributed by atoms with Crippen LogP contribution in [0.4, 0.5) is 4.39 Å². The van der Waals surface area contributed by atoms with Crippen molar-refractivity contribution < 1.29 is 27.5 Å². The van der Waals surface area contributed by atoms with Crippen molar-refractivity contribution in [3.63, 3.8) is 0 Å². The first-order chi connectivity index (χ1) is 17.5. The van der Waals surface area contributed by atoms with E-state index in [0.29, 0.717) is 24.3 Å². The molecule has 1 aliphatic heterocycles. The van der Waals surface area contributed by atoms with Crippen LogP contribution >= 0.6 is 0 Å². The van der Waals surface area contributed by atoms with Gasteiger partial charge >= 0.3 is 0 Å². The second kappa shape index (κ2) is 10.7. The van der Waals surface area contributed by atoms with E-state index in [1.165, 1.54) is 17.9 Å². The number of hydrogen-bond donors (Lipinski definition) is 2. The lowest BCUT2D eigenvalue weighted by molar-refractivity contribution is -0.131. The molecule has 1 fully saturated rings. The number of sulfone groups is 1. The molecule has 0 bridgehead atoms. The molecule has 37 heavy (non-hydrogen) atoms. The summed E-state index contributed by atoms with van der Waals surface area (Å²) in [6.07, 6.45) is 1.80. The van der Waals surface area contributed by atoms with E-state index in [4.69, 9.17) is 9.94 Å². The molecule has 0 spiro atoms. The lowest BCUT2D eigenvalue weighted by Crippen LogP contribution is -2.50. The lowest BCUT2D eigenvalue weighted by Gasteiger charge is -2.26. The van der Waals surface area contributed by atoms with E-state index in [1.807, 2.05) is 24.3 Å². The summed E-state index contributed by atoms with van der Waals surface area (Å²) in [5.74, 6) is -1.70. The Morgan fingerprint density at radius 3 is 2.51 bits per heavy atom. The number of fused-ring (bicyclic) bond motifs is 1. The van der Waals surface area contributed by atoms with Gasteiger partial charge in [-0.15, -0.1) is 0 Å². The number of aryl methyl sites for hydroxylation is 1. The molecule has 198 valence electrons. The predicted octanol–water partition coefficient (Wildman–Crippen LogP) is 1.73. The number of hydrogen-bond acceptors (Lipinski definition) is 8. The summed E-state index contributed by atoms with van der Waals surface area (Å²) in [7, 11) is -3.93. The normalized spacial score (nSPS) is 16.4. The molecule has 4 rings (SSSR count). The van der Waals surface area contributed by atoms with Crippen molar-refractivity contribution >= 4 is 26.6 Å². The maximum absolute atomic E-state index is 15.1. The summed E-state index contributed by atoms with van der Waals surface area (Å²) in [4.78, 5) is 31.6. The van der Waals surface area contributed by atoms with Crippen LogP contribution in [0.25, 0.3) is 22.0 Å². The Balaban J connectivity index is 1.58. The number of benzene rings is 2. The molecule has 1 atom stereocenters. The van der Waals surface area contributed by atoms with Crippen LogP contribution in [0.1, 0.15) is 18.9 Å². The number of morpholine rings is 1. The van der Waals surface area contributed by atoms with Crippen molar-refractivity contribution in [2.75, 3.05) is 32.6 Å². The molecule has 1 aliphatic rings. The van der Waals surface area contributed by atoms with Gasteiger partial charge in [0.05, 0.1) is 30.4 Å². The number of halogens is 1. The van der Waals surface area contributed by atoms with Crippen LogP contribution in [-0.2, 0) is 32.5 Å². The van der Waals surface area contributed by atoms with E-state index < -0.39 is 31.9 Å². The van der Waals surface area contributed by atoms with E-state index in [2.05, 4.69) is 9.88 Å². The third kappa shape index (κ3) is 5.57. The van der Waals surface area contributed by atoms with E-state index in [0.717, 1.165) is 49.0 Å². The number of nitrogens with one attached hydrogen (secondary N) is 1. The first kappa shape index (κ1) is 26.9. The van der Waals surface area contributed by atoms with Crippen molar-refractivity contribution in [2.45, 2.75) is 31.2 Å². The van der Waals surface area contributed by atoms with Crippen molar-refractivity contribution in [1.29, 1.82) is 0 Å². The SMILES string of the molecule is CC(CCn1cnc2cc(-c3ccc(CN4CCOCC4)cc3)c(F)cc2c1=O)(C(=O)NO)S(C)(=O)=O. The van der Waals surface area contributed by atoms with E-state index >= 15 is 4.39 Å². The molecule has 2 aromatic carbocycles. The van der Waals surface area contributed by atoms with Crippen molar-refractivity contribution in [3.8, 4) is 11.1 Å². The number of nitrogens with zero attached hydrogens (tertiary/aromatic N) is 3. The van der Waals surface area contributed by atoms with Crippen LogP contribution in [0.5, 0.6) is 0 Å². The van der Waals surface area contributed by atoms with Gasteiger partial charge in [0.25, 0.3) is 11.5 Å². The summed E-state index contributed by atoms with van der Waals surface area (Å²) in [5.41, 5.74) is 3.13. The van der Waals surface area contributed by atoms with Gasteiger partial charge in [0.15, 0.2) is 14.6 Å². The first-order valence-electron chi connectivity index (χ1n) is 11.8. The number of ether oxygens (including phenoxy) is 1. The van der Waals surface area contributed by atoms with Crippen LogP contribution in [0.3, 0.4) is 0 Å². The number of rotatable bonds is 8. The first-order valence-corrected chi connectivity index (χ1v) is 13.6. The molecule has 1 amide bonds. The molecule has 10 nitrogen and oxygen atoms in total. The van der Waals surface area contributed by atoms with Crippen LogP contribution in [-0.4, -0.2) is 71.3 Å². The molecule has 2 heterocycles. The summed E-state index contributed by atoms with van der Waals surface area (Å²) >= 11 is 0. The Morgan fingerprint density at radius 1 is 1.22 bits per heavy atom. The zero-order valence-electron chi connectivity index (χ0n) is 20.6. The van der Waals surface area contributed by atoms with Gasteiger partial charge in [-0.05, 0) is 36.6 Å². The van der Waals surface area contributed by atoms with Gasteiger partial charge in [-0.2, -0.15) is 0 Å². The number of carbonyl (C=O) groups excluding carboxylic acids is 1. The minimum absolute atomic E-state index is 0.0281. The summed E-state index contributed by atoms with van der Waals surface area (Å²) in [6, 6.07) is 10.2. The molecule has 1 unspecified atom stereocenters. The van der Waals surface area contributed by atoms with Gasteiger partial charge in [-0.3, -0.25) is 24.3 Å². The number of hydroxylamine groups is 1. The molecule has 0 saturated carbocycles. The highest BCUT2D eigenvalue weighted by Crippen LogP contribution is 2.27. The Morgan fingerprint density at radius 2 is 1.89 bits per heavy atom. The monoisotopic (exact) mass is 532 g/mol. The lowest BCUT2D eigenvalue weighted by atomic mass is 10.0. The quantitative estimate of drug-likeness (QED) is 0.331. The highest BCUT2D eigenvalue weighted by molar-refractivity contribution is 7.92. The summed E-state index contributed by atoms with van der Waals surface area (Å²) in [6.45, 7) is 4.91. The van der Waals surface area contributed by atoms with Crippen molar-refractivity contribution in [3.05, 3.63) is 64.5 Å². The Kier molecular flexibility index (Phi) is 7.74. The zero-order chi connectivity index (χ0) is 26.8. The minimum Gasteiger partial charge on any atom is -0.379 e. The largest absolute Gasteiger partial charge is 0.379 e. The fourth-order valence-electron chi connectivity index (χ4n) is 4.29. The van der Waals surface area contributed by atoms with Crippen LogP contribution in [0.15, 0.2) is 47.5 Å². The maximum atomic E-state index is 15.1. The van der Waals surface area contributed by atoms with Gasteiger partial charge < -0.3 is 4.74 Å². The average Bonchev–Trinajstić information content (AvgIpc) is 2.88. The van der Waals surface area contributed by atoms with Crippen LogP contribution in [0.2, 0.25) is 0 Å². The standard InChI is InChI=1S/C25H29FN4O6S/c1-25(24(32)28-33,37(2,34)35)7-8-30-16-27-22-14-19(21(26)13-20(22)23(30)31)18-5-3-17(4-6-18)15-29-9-11-36-12-10-29/h3-6,13-14,16,33H,7-12,15H2,1-2H3,(H,28,32). The van der Waals surface area contributed by atoms with Crippen molar-refractivity contribution in [1.82, 2.24) is 19.9 Å². The third-order valence-corrected chi connectivity index (χ3v) is 8.94. The van der Waals surface area contributed by atoms with Gasteiger partial charge in [0.1, 0.15) is 5.82 Å². The molecular weight excluding hydrogens is 503 g/mol. The number of amides is 1. The van der Waals surface area contributed by atoms with E-state index in [1.54, 1.807) is 0 Å². The zero-order valence-corrected chi connectivity index (χ0v) is 21.4. The minimum atomic E-state index is -3.93. The molecular formula is C25H29FN4O6S. The van der Waals surface area contributed by atoms with Crippen LogP contribution in [0, 0.1) is 5.82 Å². The van der Waals surface area contributed by atoms with Gasteiger partial charge in [0, 0.05) is 38.0 Å². The predicted molar refractivity (Wildman–Crippen MR) is 135 cm³/mol. The molecule has 2 N–H and O–H groups in total. The summed E-state index contributed by atoms with van der Waals surface area (Å²) < 4.78 is 44.0. The Labute approximate surface area is 213 Å². The molecule has 0 aliphatic carbocycles. The fraction of sp³-hybridized carbons (Fsp3) is 0.400. The molecule has 3 aromatic rings. The molecule has 1 aromatic heterocycles. The number of carbonyl (C=O) groups is 1. The van der Waals surface area contributed by atoms with E-state index in [9.17, 15) is 18.0 Å². The highest BCUT2D eigenvalue weighted by atomic mass is 32.2. The van der Waals surface area contributed by atoms with E-state index in [-0.39, 0.29) is 23.9 Å². The van der Waals surface area contributed by atoms with Crippen molar-refractivity contribution in [2.24, 2.45) is 0 Å². The molecule has 1 saturated heterocycles. The number of aromatic nitrogens is 2. The van der Waals surface area contributed by atoms with Gasteiger partial charge in [0.2, 0.25) is 0 Å². The Hall–Kier alpha value is -3.19. The van der Waals surface area contributed by atoms with Crippen LogP contribution < -0.4 is 11.0 Å². The smallest absolute Gasteiger partial charge is 0.264 e. The van der Waals surface area contributed by atoms with Gasteiger partial charge in [-0.1, -0.05) is 24.3 Å². The fourth-order valence-corrected chi connectivity index (χ4v) is 5.13. The Bertz CT molecular complexity index is 1470. The van der Waals surface area contributed by atoms with Gasteiger partial charge in [-0.25, -0.2) is 23.3 Å². The topological polar surface area (TPSA) is 131 Å².